The third-order valence-corrected chi connectivity index (χ3v) is 6.68. The first-order valence-corrected chi connectivity index (χ1v) is 7.42. The molecule has 1 heterocycles. The van der Waals surface area contributed by atoms with Gasteiger partial charge < -0.3 is 4.74 Å². The predicted octanol–water partition coefficient (Wildman–Crippen LogP) is 3.36. The summed E-state index contributed by atoms with van der Waals surface area (Å²) in [7, 11) is 1.81. The standard InChI is InChI=1S/C13H14OS2/c1-14-12-7-6-10-4-2-3-5-11(10)13(12)15-8-9-16-13/h2-7,12H,8-9H2,1H3. The van der Waals surface area contributed by atoms with E-state index in [9.17, 15) is 0 Å². The lowest BCUT2D eigenvalue weighted by molar-refractivity contribution is 0.130. The number of benzene rings is 1. The molecule has 0 amide bonds. The van der Waals surface area contributed by atoms with Crippen LogP contribution in [0, 0.1) is 0 Å². The first-order valence-electron chi connectivity index (χ1n) is 5.45. The minimum absolute atomic E-state index is 0.0973. The molecule has 1 aliphatic carbocycles. The number of methoxy groups -OCH3 is 1. The Labute approximate surface area is 105 Å². The Morgan fingerprint density at radius 3 is 2.75 bits per heavy atom. The largest absolute Gasteiger partial charge is 0.375 e. The van der Waals surface area contributed by atoms with Crippen molar-refractivity contribution >= 4 is 29.6 Å². The molecule has 1 aromatic rings. The topological polar surface area (TPSA) is 9.23 Å². The number of fused-ring (bicyclic) bond motifs is 2. The van der Waals surface area contributed by atoms with Gasteiger partial charge in [0, 0.05) is 18.6 Å². The van der Waals surface area contributed by atoms with Crippen molar-refractivity contribution in [3.63, 3.8) is 0 Å². The van der Waals surface area contributed by atoms with Gasteiger partial charge in [-0.3, -0.25) is 0 Å². The molecule has 0 saturated carbocycles. The highest BCUT2D eigenvalue weighted by Gasteiger charge is 2.46. The summed E-state index contributed by atoms with van der Waals surface area (Å²) in [6.45, 7) is 0. The van der Waals surface area contributed by atoms with E-state index in [2.05, 4.69) is 36.4 Å². The summed E-state index contributed by atoms with van der Waals surface area (Å²) < 4.78 is 5.75. The van der Waals surface area contributed by atoms with Gasteiger partial charge in [0.2, 0.25) is 0 Å². The van der Waals surface area contributed by atoms with Gasteiger partial charge in [0.25, 0.3) is 0 Å². The highest BCUT2D eigenvalue weighted by atomic mass is 32.2. The average molecular weight is 250 g/mol. The van der Waals surface area contributed by atoms with E-state index in [0.29, 0.717) is 0 Å². The van der Waals surface area contributed by atoms with Crippen LogP contribution in [0.4, 0.5) is 0 Å². The summed E-state index contributed by atoms with van der Waals surface area (Å²) in [5.41, 5.74) is 2.77. The molecule has 2 aliphatic rings. The van der Waals surface area contributed by atoms with Gasteiger partial charge in [-0.05, 0) is 11.1 Å². The lowest BCUT2D eigenvalue weighted by Gasteiger charge is -2.37. The van der Waals surface area contributed by atoms with Crippen LogP contribution in [-0.2, 0) is 8.82 Å². The van der Waals surface area contributed by atoms with Crippen LogP contribution in [0.5, 0.6) is 0 Å². The number of hydrogen-bond acceptors (Lipinski definition) is 3. The monoisotopic (exact) mass is 250 g/mol. The van der Waals surface area contributed by atoms with E-state index in [1.54, 1.807) is 0 Å². The molecule has 3 heteroatoms. The molecule has 1 atom stereocenters. The van der Waals surface area contributed by atoms with E-state index < -0.39 is 0 Å². The number of thioether (sulfide) groups is 2. The van der Waals surface area contributed by atoms with Gasteiger partial charge in [-0.2, -0.15) is 0 Å². The zero-order chi connectivity index (χ0) is 11.0. The van der Waals surface area contributed by atoms with Crippen molar-refractivity contribution in [3.8, 4) is 0 Å². The molecule has 1 unspecified atom stereocenters. The van der Waals surface area contributed by atoms with Crippen molar-refractivity contribution in [3.05, 3.63) is 41.5 Å². The second-order valence-corrected chi connectivity index (χ2v) is 6.91. The summed E-state index contributed by atoms with van der Waals surface area (Å²) in [4.78, 5) is 0. The molecule has 0 radical (unpaired) electrons. The highest BCUT2D eigenvalue weighted by molar-refractivity contribution is 8.20. The Balaban J connectivity index is 2.15. The van der Waals surface area contributed by atoms with E-state index in [4.69, 9.17) is 4.74 Å². The SMILES string of the molecule is COC1C=Cc2ccccc2C12SCCS2. The molecule has 1 aliphatic heterocycles. The smallest absolute Gasteiger partial charge is 0.116 e. The van der Waals surface area contributed by atoms with Crippen molar-refractivity contribution in [2.45, 2.75) is 10.2 Å². The molecule has 1 saturated heterocycles. The van der Waals surface area contributed by atoms with Gasteiger partial charge >= 0.3 is 0 Å². The summed E-state index contributed by atoms with van der Waals surface area (Å²) in [6, 6.07) is 8.68. The minimum atomic E-state index is 0.0973. The van der Waals surface area contributed by atoms with E-state index in [0.717, 1.165) is 0 Å². The van der Waals surface area contributed by atoms with E-state index in [-0.39, 0.29) is 10.2 Å². The fourth-order valence-electron chi connectivity index (χ4n) is 2.41. The van der Waals surface area contributed by atoms with Gasteiger partial charge in [-0.25, -0.2) is 0 Å². The van der Waals surface area contributed by atoms with Crippen LogP contribution in [-0.4, -0.2) is 24.7 Å². The molecule has 1 aromatic carbocycles. The average Bonchev–Trinajstić information content (AvgIpc) is 2.80. The fraction of sp³-hybridized carbons (Fsp3) is 0.385. The number of ether oxygens (including phenoxy) is 1. The molecule has 0 aromatic heterocycles. The predicted molar refractivity (Wildman–Crippen MR) is 72.9 cm³/mol. The maximum absolute atomic E-state index is 5.66. The third kappa shape index (κ3) is 1.45. The van der Waals surface area contributed by atoms with E-state index in [1.165, 1.54) is 22.6 Å². The second kappa shape index (κ2) is 4.13. The molecule has 84 valence electrons. The van der Waals surface area contributed by atoms with Crippen molar-refractivity contribution in [1.29, 1.82) is 0 Å². The second-order valence-electron chi connectivity index (χ2n) is 3.97. The van der Waals surface area contributed by atoms with Crippen LogP contribution in [0.2, 0.25) is 0 Å². The maximum Gasteiger partial charge on any atom is 0.116 e. The van der Waals surface area contributed by atoms with E-state index >= 15 is 0 Å². The van der Waals surface area contributed by atoms with Crippen LogP contribution in [0.3, 0.4) is 0 Å². The number of hydrogen-bond donors (Lipinski definition) is 0. The Kier molecular flexibility index (Phi) is 2.78. The quantitative estimate of drug-likeness (QED) is 0.756. The molecular formula is C13H14OS2. The normalized spacial score (nSPS) is 25.9. The molecule has 1 spiro atoms. The maximum atomic E-state index is 5.66. The highest BCUT2D eigenvalue weighted by Crippen LogP contribution is 2.57. The van der Waals surface area contributed by atoms with Crippen LogP contribution < -0.4 is 0 Å². The van der Waals surface area contributed by atoms with Gasteiger partial charge in [-0.1, -0.05) is 36.4 Å². The Bertz CT molecular complexity index is 422. The molecule has 0 bridgehead atoms. The first kappa shape index (κ1) is 10.8. The summed E-state index contributed by atoms with van der Waals surface area (Å²) >= 11 is 4.06. The lowest BCUT2D eigenvalue weighted by atomic mass is 9.94. The summed E-state index contributed by atoms with van der Waals surface area (Å²) in [6.07, 6.45) is 4.59. The zero-order valence-corrected chi connectivity index (χ0v) is 10.8. The summed E-state index contributed by atoms with van der Waals surface area (Å²) in [5.74, 6) is 2.43. The van der Waals surface area contributed by atoms with Gasteiger partial charge in [-0.15, -0.1) is 23.5 Å². The molecule has 3 rings (SSSR count). The van der Waals surface area contributed by atoms with Crippen molar-refractivity contribution in [1.82, 2.24) is 0 Å². The lowest BCUT2D eigenvalue weighted by Crippen LogP contribution is -2.34. The summed E-state index contributed by atoms with van der Waals surface area (Å²) in [5, 5.41) is 0. The van der Waals surface area contributed by atoms with Gasteiger partial charge in [0.15, 0.2) is 0 Å². The number of rotatable bonds is 1. The van der Waals surface area contributed by atoms with E-state index in [1.807, 2.05) is 30.6 Å². The van der Waals surface area contributed by atoms with Crippen LogP contribution in [0.25, 0.3) is 6.08 Å². The van der Waals surface area contributed by atoms with Crippen LogP contribution in [0.15, 0.2) is 30.3 Å². The fourth-order valence-corrected chi connectivity index (χ4v) is 5.88. The molecular weight excluding hydrogens is 236 g/mol. The molecule has 1 nitrogen and oxygen atoms in total. The Morgan fingerprint density at radius 2 is 2.00 bits per heavy atom. The zero-order valence-electron chi connectivity index (χ0n) is 9.18. The van der Waals surface area contributed by atoms with Crippen LogP contribution >= 0.6 is 23.5 Å². The minimum Gasteiger partial charge on any atom is -0.375 e. The van der Waals surface area contributed by atoms with Gasteiger partial charge in [0.05, 0.1) is 0 Å². The third-order valence-electron chi connectivity index (χ3n) is 3.13. The molecule has 1 fully saturated rings. The van der Waals surface area contributed by atoms with Crippen LogP contribution in [0.1, 0.15) is 11.1 Å². The molecule has 0 N–H and O–H groups in total. The van der Waals surface area contributed by atoms with Gasteiger partial charge in [0.1, 0.15) is 10.2 Å². The Morgan fingerprint density at radius 1 is 1.25 bits per heavy atom. The van der Waals surface area contributed by atoms with Crippen molar-refractivity contribution in [2.75, 3.05) is 18.6 Å². The Hall–Kier alpha value is -0.380. The van der Waals surface area contributed by atoms with Crippen molar-refractivity contribution in [2.24, 2.45) is 0 Å². The van der Waals surface area contributed by atoms with Crippen molar-refractivity contribution < 1.29 is 4.74 Å². The molecule has 16 heavy (non-hydrogen) atoms. The first-order chi connectivity index (χ1) is 7.87.